The number of unbranched alkanes of at least 4 members (excludes halogenated alkanes) is 1. The standard InChI is InChI=1S/C19H30O4/c1-4-7-10-16(5-2)15-21-13-14-23-18-12-9-8-11-17(18)19(20)22-6-3/h8-9,11-12,16H,4-7,10,13-15H2,1-3H3. The van der Waals surface area contributed by atoms with Crippen molar-refractivity contribution < 1.29 is 19.0 Å². The highest BCUT2D eigenvalue weighted by atomic mass is 16.5. The molecule has 1 atom stereocenters. The molecule has 4 heteroatoms. The minimum absolute atomic E-state index is 0.352. The van der Waals surface area contributed by atoms with Gasteiger partial charge in [0.15, 0.2) is 0 Å². The van der Waals surface area contributed by atoms with Crippen LogP contribution in [0, 0.1) is 5.92 Å². The fourth-order valence-corrected chi connectivity index (χ4v) is 2.33. The molecule has 1 aromatic rings. The molecule has 0 saturated heterocycles. The summed E-state index contributed by atoms with van der Waals surface area (Å²) in [5.41, 5.74) is 0.462. The second-order valence-corrected chi connectivity index (χ2v) is 5.56. The SMILES string of the molecule is CCCCC(CC)COCCOc1ccccc1C(=O)OCC. The molecule has 23 heavy (non-hydrogen) atoms. The molecule has 4 nitrogen and oxygen atoms in total. The van der Waals surface area contributed by atoms with E-state index in [0.29, 0.717) is 37.1 Å². The Hall–Kier alpha value is -1.55. The summed E-state index contributed by atoms with van der Waals surface area (Å²) in [6.45, 7) is 8.29. The predicted molar refractivity (Wildman–Crippen MR) is 92.0 cm³/mol. The molecule has 1 rings (SSSR count). The van der Waals surface area contributed by atoms with Crippen molar-refractivity contribution in [3.05, 3.63) is 29.8 Å². The molecule has 0 bridgehead atoms. The van der Waals surface area contributed by atoms with Gasteiger partial charge in [-0.15, -0.1) is 0 Å². The van der Waals surface area contributed by atoms with E-state index in [4.69, 9.17) is 14.2 Å². The van der Waals surface area contributed by atoms with Crippen LogP contribution >= 0.6 is 0 Å². The molecule has 0 saturated carbocycles. The van der Waals surface area contributed by atoms with Gasteiger partial charge < -0.3 is 14.2 Å². The van der Waals surface area contributed by atoms with Crippen LogP contribution in [-0.2, 0) is 9.47 Å². The molecular weight excluding hydrogens is 292 g/mol. The summed E-state index contributed by atoms with van der Waals surface area (Å²) in [6.07, 6.45) is 4.85. The van der Waals surface area contributed by atoms with Gasteiger partial charge in [0.2, 0.25) is 0 Å². The van der Waals surface area contributed by atoms with Crippen molar-refractivity contribution in [2.75, 3.05) is 26.4 Å². The van der Waals surface area contributed by atoms with Crippen LogP contribution < -0.4 is 4.74 Å². The summed E-state index contributed by atoms with van der Waals surface area (Å²) in [5.74, 6) is 0.823. The summed E-state index contributed by atoms with van der Waals surface area (Å²) in [5, 5.41) is 0. The fraction of sp³-hybridized carbons (Fsp3) is 0.632. The van der Waals surface area contributed by atoms with Crippen LogP contribution in [0.25, 0.3) is 0 Å². The molecule has 130 valence electrons. The van der Waals surface area contributed by atoms with E-state index >= 15 is 0 Å². The van der Waals surface area contributed by atoms with E-state index in [1.165, 1.54) is 19.3 Å². The number of carbonyl (C=O) groups is 1. The van der Waals surface area contributed by atoms with Crippen LogP contribution in [0.3, 0.4) is 0 Å². The first-order valence-corrected chi connectivity index (χ1v) is 8.69. The molecule has 0 N–H and O–H groups in total. The van der Waals surface area contributed by atoms with E-state index in [2.05, 4.69) is 13.8 Å². The molecule has 1 aromatic carbocycles. The Kier molecular flexibility index (Phi) is 10.1. The van der Waals surface area contributed by atoms with E-state index in [0.717, 1.165) is 13.0 Å². The number of rotatable bonds is 12. The highest BCUT2D eigenvalue weighted by Gasteiger charge is 2.12. The molecule has 0 radical (unpaired) electrons. The first-order valence-electron chi connectivity index (χ1n) is 8.69. The molecule has 0 aliphatic heterocycles. The van der Waals surface area contributed by atoms with Gasteiger partial charge in [0, 0.05) is 6.61 Å². The van der Waals surface area contributed by atoms with Gasteiger partial charge >= 0.3 is 5.97 Å². The Morgan fingerprint density at radius 1 is 1.13 bits per heavy atom. The second kappa shape index (κ2) is 11.9. The first kappa shape index (κ1) is 19.5. The third-order valence-electron chi connectivity index (χ3n) is 3.76. The number of carbonyl (C=O) groups excluding carboxylic acids is 1. The average molecular weight is 322 g/mol. The van der Waals surface area contributed by atoms with Gasteiger partial charge in [0.1, 0.15) is 17.9 Å². The van der Waals surface area contributed by atoms with E-state index in [9.17, 15) is 4.79 Å². The van der Waals surface area contributed by atoms with E-state index in [1.54, 1.807) is 25.1 Å². The van der Waals surface area contributed by atoms with Crippen molar-refractivity contribution in [2.24, 2.45) is 5.92 Å². The molecule has 0 heterocycles. The minimum Gasteiger partial charge on any atom is -0.490 e. The van der Waals surface area contributed by atoms with Crippen LogP contribution in [0.15, 0.2) is 24.3 Å². The predicted octanol–water partition coefficient (Wildman–Crippen LogP) is 4.48. The fourth-order valence-electron chi connectivity index (χ4n) is 2.33. The number of hydrogen-bond donors (Lipinski definition) is 0. The van der Waals surface area contributed by atoms with Crippen LogP contribution in [0.4, 0.5) is 0 Å². The number of ether oxygens (including phenoxy) is 3. The Labute approximate surface area is 140 Å². The van der Waals surface area contributed by atoms with Gasteiger partial charge in [0.25, 0.3) is 0 Å². The first-order chi connectivity index (χ1) is 11.2. The molecule has 0 spiro atoms. The Bertz CT molecular complexity index is 445. The molecule has 0 fully saturated rings. The smallest absolute Gasteiger partial charge is 0.341 e. The zero-order valence-corrected chi connectivity index (χ0v) is 14.7. The van der Waals surface area contributed by atoms with Crippen molar-refractivity contribution >= 4 is 5.97 Å². The normalized spacial score (nSPS) is 12.0. The average Bonchev–Trinajstić information content (AvgIpc) is 2.58. The van der Waals surface area contributed by atoms with Crippen molar-refractivity contribution in [1.29, 1.82) is 0 Å². The van der Waals surface area contributed by atoms with Crippen LogP contribution in [0.1, 0.15) is 56.8 Å². The van der Waals surface area contributed by atoms with E-state index < -0.39 is 0 Å². The molecule has 0 aliphatic rings. The zero-order valence-electron chi connectivity index (χ0n) is 14.7. The number of esters is 1. The van der Waals surface area contributed by atoms with E-state index in [1.807, 2.05) is 6.07 Å². The molecular formula is C19H30O4. The summed E-state index contributed by atoms with van der Waals surface area (Å²) in [4.78, 5) is 11.8. The number of hydrogen-bond acceptors (Lipinski definition) is 4. The van der Waals surface area contributed by atoms with Crippen molar-refractivity contribution in [3.63, 3.8) is 0 Å². The maximum Gasteiger partial charge on any atom is 0.341 e. The van der Waals surface area contributed by atoms with Crippen molar-refractivity contribution in [1.82, 2.24) is 0 Å². The third-order valence-corrected chi connectivity index (χ3v) is 3.76. The Balaban J connectivity index is 2.34. The van der Waals surface area contributed by atoms with Gasteiger partial charge in [-0.3, -0.25) is 0 Å². The van der Waals surface area contributed by atoms with Gasteiger partial charge in [0.05, 0.1) is 13.2 Å². The molecule has 0 aromatic heterocycles. The monoisotopic (exact) mass is 322 g/mol. The lowest BCUT2D eigenvalue weighted by Crippen LogP contribution is -2.14. The highest BCUT2D eigenvalue weighted by Crippen LogP contribution is 2.19. The molecule has 0 amide bonds. The summed E-state index contributed by atoms with van der Waals surface area (Å²) in [6, 6.07) is 7.14. The quantitative estimate of drug-likeness (QED) is 0.420. The Morgan fingerprint density at radius 3 is 2.61 bits per heavy atom. The summed E-state index contributed by atoms with van der Waals surface area (Å²) < 4.78 is 16.4. The number of para-hydroxylation sites is 1. The van der Waals surface area contributed by atoms with Crippen LogP contribution in [-0.4, -0.2) is 32.4 Å². The lowest BCUT2D eigenvalue weighted by atomic mass is 10.0. The third kappa shape index (κ3) is 7.51. The lowest BCUT2D eigenvalue weighted by molar-refractivity contribution is 0.0511. The van der Waals surface area contributed by atoms with Crippen LogP contribution in [0.2, 0.25) is 0 Å². The maximum absolute atomic E-state index is 11.8. The Morgan fingerprint density at radius 2 is 1.91 bits per heavy atom. The largest absolute Gasteiger partial charge is 0.490 e. The highest BCUT2D eigenvalue weighted by molar-refractivity contribution is 5.92. The van der Waals surface area contributed by atoms with Gasteiger partial charge in [-0.05, 0) is 31.4 Å². The summed E-state index contributed by atoms with van der Waals surface area (Å²) >= 11 is 0. The van der Waals surface area contributed by atoms with Gasteiger partial charge in [-0.25, -0.2) is 4.79 Å². The second-order valence-electron chi connectivity index (χ2n) is 5.56. The van der Waals surface area contributed by atoms with Gasteiger partial charge in [-0.2, -0.15) is 0 Å². The molecule has 1 unspecified atom stereocenters. The van der Waals surface area contributed by atoms with Crippen molar-refractivity contribution in [2.45, 2.75) is 46.5 Å². The topological polar surface area (TPSA) is 44.8 Å². The lowest BCUT2D eigenvalue weighted by Gasteiger charge is -2.15. The zero-order chi connectivity index (χ0) is 16.9. The minimum atomic E-state index is -0.352. The number of benzene rings is 1. The van der Waals surface area contributed by atoms with Crippen LogP contribution in [0.5, 0.6) is 5.75 Å². The summed E-state index contributed by atoms with van der Waals surface area (Å²) in [7, 11) is 0. The molecule has 0 aliphatic carbocycles. The van der Waals surface area contributed by atoms with E-state index in [-0.39, 0.29) is 5.97 Å². The van der Waals surface area contributed by atoms with Crippen molar-refractivity contribution in [3.8, 4) is 5.75 Å². The maximum atomic E-state index is 11.8. The van der Waals surface area contributed by atoms with Gasteiger partial charge in [-0.1, -0.05) is 45.2 Å².